The fourth-order valence-corrected chi connectivity index (χ4v) is 7.96. The van der Waals surface area contributed by atoms with Crippen LogP contribution in [0, 0.1) is 5.92 Å². The summed E-state index contributed by atoms with van der Waals surface area (Å²) in [6.07, 6.45) is 15.0. The highest BCUT2D eigenvalue weighted by atomic mass is 28.4. The van der Waals surface area contributed by atoms with Gasteiger partial charge in [-0.3, -0.25) is 9.69 Å². The van der Waals surface area contributed by atoms with E-state index in [1.807, 2.05) is 26.0 Å². The molecule has 0 aromatic heterocycles. The van der Waals surface area contributed by atoms with E-state index in [4.69, 9.17) is 18.6 Å². The van der Waals surface area contributed by atoms with E-state index < -0.39 is 38.3 Å². The Morgan fingerprint density at radius 3 is 2.30 bits per heavy atom. The highest BCUT2D eigenvalue weighted by molar-refractivity contribution is 6.74. The van der Waals surface area contributed by atoms with Crippen LogP contribution in [-0.2, 0) is 23.4 Å². The van der Waals surface area contributed by atoms with Crippen molar-refractivity contribution < 1.29 is 33.3 Å². The van der Waals surface area contributed by atoms with Gasteiger partial charge in [-0.25, -0.2) is 4.79 Å². The molecule has 0 aromatic carbocycles. The molecule has 0 aromatic rings. The average Bonchev–Trinajstić information content (AvgIpc) is 3.29. The molecular formula is C37H64N2O7Si. The molecule has 1 saturated carbocycles. The van der Waals surface area contributed by atoms with Crippen molar-refractivity contribution in [1.29, 1.82) is 0 Å². The maximum Gasteiger partial charge on any atom is 0.410 e. The number of esters is 1. The minimum Gasteiger partial charge on any atom is -0.504 e. The molecule has 1 amide bonds. The van der Waals surface area contributed by atoms with E-state index in [2.05, 4.69) is 38.8 Å². The van der Waals surface area contributed by atoms with Crippen molar-refractivity contribution in [2.75, 3.05) is 33.3 Å². The Kier molecular flexibility index (Phi) is 14.6. The number of carbonyl (C=O) groups excluding carboxylic acids is 2. The molecule has 0 unspecified atom stereocenters. The standard InChI is InChI=1S/C37H64N2O7Si/c1-28(15-14-26-43-7)34-29(2)18-19-32(44-35(41)39-24-22-38(23-25-39)30-16-12-10-11-13-17-30)37(6,42)21-20-31(27-33(40)45-34)46-47(8,9)36(3,4)5/h14-15,18-19,26,29-32,34,42H,10-13,16-17,20-25,27H2,1-9H3/b19-18+,26-14+,28-15+/t29-,31+,32-,34+,37+/m0/s1. The predicted molar refractivity (Wildman–Crippen MR) is 190 cm³/mol. The zero-order valence-electron chi connectivity index (χ0n) is 30.8. The van der Waals surface area contributed by atoms with Crippen LogP contribution in [0.3, 0.4) is 0 Å². The first-order valence-electron chi connectivity index (χ1n) is 17.9. The third kappa shape index (κ3) is 11.8. The highest BCUT2D eigenvalue weighted by Crippen LogP contribution is 2.39. The molecule has 47 heavy (non-hydrogen) atoms. The van der Waals surface area contributed by atoms with Gasteiger partial charge in [-0.2, -0.15) is 0 Å². The van der Waals surface area contributed by atoms with E-state index in [0.29, 0.717) is 25.6 Å². The van der Waals surface area contributed by atoms with Gasteiger partial charge in [0.25, 0.3) is 0 Å². The highest BCUT2D eigenvalue weighted by Gasteiger charge is 2.42. The number of cyclic esters (lactones) is 1. The molecule has 3 aliphatic rings. The van der Waals surface area contributed by atoms with E-state index in [1.54, 1.807) is 37.3 Å². The van der Waals surface area contributed by atoms with Gasteiger partial charge in [-0.1, -0.05) is 65.5 Å². The Morgan fingerprint density at radius 1 is 1.06 bits per heavy atom. The van der Waals surface area contributed by atoms with Crippen LogP contribution in [0.15, 0.2) is 36.1 Å². The van der Waals surface area contributed by atoms with Crippen molar-refractivity contribution in [3.63, 3.8) is 0 Å². The summed E-state index contributed by atoms with van der Waals surface area (Å²) in [6, 6.07) is 0.609. The minimum absolute atomic E-state index is 0.0613. The van der Waals surface area contributed by atoms with E-state index in [1.165, 1.54) is 38.5 Å². The largest absolute Gasteiger partial charge is 0.504 e. The number of ether oxygens (including phenoxy) is 3. The van der Waals surface area contributed by atoms with Crippen LogP contribution in [0.1, 0.15) is 99.3 Å². The number of methoxy groups -OCH3 is 1. The van der Waals surface area contributed by atoms with Gasteiger partial charge in [0, 0.05) is 38.1 Å². The van der Waals surface area contributed by atoms with Crippen molar-refractivity contribution in [3.8, 4) is 0 Å². The van der Waals surface area contributed by atoms with Crippen molar-refractivity contribution >= 4 is 20.4 Å². The Labute approximate surface area is 285 Å². The van der Waals surface area contributed by atoms with Gasteiger partial charge in [0.15, 0.2) is 14.4 Å². The molecule has 1 saturated heterocycles. The van der Waals surface area contributed by atoms with Crippen LogP contribution < -0.4 is 0 Å². The smallest absolute Gasteiger partial charge is 0.410 e. The van der Waals surface area contributed by atoms with Crippen molar-refractivity contribution in [2.45, 2.75) is 147 Å². The Hall–Kier alpha value is -2.14. The van der Waals surface area contributed by atoms with E-state index in [0.717, 1.165) is 18.7 Å². The van der Waals surface area contributed by atoms with Crippen molar-refractivity contribution in [2.24, 2.45) is 5.92 Å². The first-order valence-corrected chi connectivity index (χ1v) is 20.8. The van der Waals surface area contributed by atoms with Gasteiger partial charge in [-0.05, 0) is 75.4 Å². The molecule has 2 aliphatic heterocycles. The number of nitrogens with zero attached hydrogens (tertiary/aromatic N) is 2. The number of carbonyl (C=O) groups is 2. The SMILES string of the molecule is CO/C=C/C=C(\C)[C@H]1OC(=O)C[C@H](O[Si](C)(C)C(C)(C)C)CC[C@@](C)(O)[C@@H](OC(=O)N2CCN(C3CCCCCC3)CC2)/C=C/[C@@H]1C. The summed E-state index contributed by atoms with van der Waals surface area (Å²) in [5.74, 6) is -0.598. The van der Waals surface area contributed by atoms with Gasteiger partial charge < -0.3 is 28.6 Å². The lowest BCUT2D eigenvalue weighted by Gasteiger charge is -2.41. The fourth-order valence-electron chi connectivity index (χ4n) is 6.57. The Balaban J connectivity index is 1.84. The molecule has 3 rings (SSSR count). The first kappa shape index (κ1) is 39.3. The molecular weight excluding hydrogens is 613 g/mol. The lowest BCUT2D eigenvalue weighted by Crippen LogP contribution is -2.53. The molecule has 2 heterocycles. The molecule has 0 radical (unpaired) electrons. The molecule has 0 spiro atoms. The molecule has 0 bridgehead atoms. The van der Waals surface area contributed by atoms with Crippen molar-refractivity contribution in [1.82, 2.24) is 9.80 Å². The van der Waals surface area contributed by atoms with Crippen LogP contribution in [-0.4, -0.2) is 98.5 Å². The fraction of sp³-hybridized carbons (Fsp3) is 0.784. The number of piperazine rings is 1. The number of rotatable bonds is 7. The molecule has 1 N–H and O–H groups in total. The Morgan fingerprint density at radius 2 is 1.70 bits per heavy atom. The maximum atomic E-state index is 13.6. The molecule has 5 atom stereocenters. The quantitative estimate of drug-likeness (QED) is 0.0746. The number of aliphatic hydroxyl groups is 1. The first-order chi connectivity index (χ1) is 22.0. The summed E-state index contributed by atoms with van der Waals surface area (Å²) < 4.78 is 24.0. The molecule has 2 fully saturated rings. The third-order valence-electron chi connectivity index (χ3n) is 10.7. The molecule has 1 aliphatic carbocycles. The minimum atomic E-state index is -2.25. The van der Waals surface area contributed by atoms with Gasteiger partial charge in [0.2, 0.25) is 0 Å². The van der Waals surface area contributed by atoms with Crippen LogP contribution in [0.2, 0.25) is 18.1 Å². The lowest BCUT2D eigenvalue weighted by molar-refractivity contribution is -0.151. The molecule has 9 nitrogen and oxygen atoms in total. The van der Waals surface area contributed by atoms with Gasteiger partial charge in [0.05, 0.1) is 25.9 Å². The second-order valence-electron chi connectivity index (χ2n) is 15.7. The van der Waals surface area contributed by atoms with Crippen LogP contribution in [0.4, 0.5) is 4.79 Å². The topological polar surface area (TPSA) is 97.8 Å². The number of allylic oxidation sites excluding steroid dienone is 2. The summed E-state index contributed by atoms with van der Waals surface area (Å²) >= 11 is 0. The monoisotopic (exact) mass is 676 g/mol. The second-order valence-corrected chi connectivity index (χ2v) is 20.5. The molecule has 268 valence electrons. The summed E-state index contributed by atoms with van der Waals surface area (Å²) in [6.45, 7) is 19.3. The molecule has 10 heteroatoms. The number of hydrogen-bond donors (Lipinski definition) is 1. The zero-order valence-corrected chi connectivity index (χ0v) is 31.8. The van der Waals surface area contributed by atoms with Crippen LogP contribution in [0.5, 0.6) is 0 Å². The summed E-state index contributed by atoms with van der Waals surface area (Å²) in [7, 11) is -0.676. The Bertz CT molecular complexity index is 1100. The van der Waals surface area contributed by atoms with E-state index >= 15 is 0 Å². The number of amides is 1. The number of hydrogen-bond acceptors (Lipinski definition) is 8. The van der Waals surface area contributed by atoms with E-state index in [-0.39, 0.29) is 29.8 Å². The van der Waals surface area contributed by atoms with E-state index in [9.17, 15) is 14.7 Å². The third-order valence-corrected chi connectivity index (χ3v) is 15.3. The summed E-state index contributed by atoms with van der Waals surface area (Å²) in [5.41, 5.74) is -0.539. The average molecular weight is 677 g/mol. The second kappa shape index (κ2) is 17.5. The van der Waals surface area contributed by atoms with Crippen molar-refractivity contribution in [3.05, 3.63) is 36.1 Å². The van der Waals surface area contributed by atoms with Crippen LogP contribution in [0.25, 0.3) is 0 Å². The van der Waals surface area contributed by atoms with Gasteiger partial charge in [0.1, 0.15) is 11.7 Å². The summed E-state index contributed by atoms with van der Waals surface area (Å²) in [5, 5.41) is 11.8. The normalized spacial score (nSPS) is 31.0. The lowest BCUT2D eigenvalue weighted by atomic mass is 9.89. The zero-order chi connectivity index (χ0) is 34.8. The van der Waals surface area contributed by atoms with Gasteiger partial charge in [-0.15, -0.1) is 0 Å². The summed E-state index contributed by atoms with van der Waals surface area (Å²) in [4.78, 5) is 31.3. The maximum absolute atomic E-state index is 13.6. The predicted octanol–water partition coefficient (Wildman–Crippen LogP) is 7.37. The van der Waals surface area contributed by atoms with Crippen LogP contribution >= 0.6 is 0 Å². The van der Waals surface area contributed by atoms with Gasteiger partial charge >= 0.3 is 12.1 Å².